The molecule has 6 rings (SSSR count). The van der Waals surface area contributed by atoms with Crippen molar-refractivity contribution < 1.29 is 95.9 Å². The second kappa shape index (κ2) is 46.5. The first-order chi connectivity index (χ1) is 54.9. The van der Waals surface area contributed by atoms with Gasteiger partial charge < -0.3 is 60.3 Å². The van der Waals surface area contributed by atoms with Gasteiger partial charge in [-0.25, -0.2) is 4.79 Å². The maximum absolute atomic E-state index is 15.1. The van der Waals surface area contributed by atoms with Crippen LogP contribution in [0.15, 0.2) is 60.7 Å². The third-order valence-corrected chi connectivity index (χ3v) is 24.6. The lowest BCUT2D eigenvalue weighted by atomic mass is 9.83. The number of fused-ring (bicyclic) bond motifs is 1. The van der Waals surface area contributed by atoms with E-state index < -0.39 is 107 Å². The summed E-state index contributed by atoms with van der Waals surface area (Å²) in [5.41, 5.74) is 6.71. The monoisotopic (exact) mass is 1640 g/mol. The Morgan fingerprint density at radius 2 is 1.38 bits per heavy atom. The van der Waals surface area contributed by atoms with Gasteiger partial charge in [0, 0.05) is 109 Å². The molecule has 1 saturated carbocycles. The number of rotatable bonds is 53. The van der Waals surface area contributed by atoms with Crippen molar-refractivity contribution >= 4 is 105 Å². The molecule has 3 aliphatic rings. The summed E-state index contributed by atoms with van der Waals surface area (Å²) in [7, 11) is 9.83. The number of imide groups is 1. The molecule has 2 saturated heterocycles. The fraction of sp³-hybridized carbons (Fsp3) is 0.655. The molecule has 28 nitrogen and oxygen atoms in total. The number of ketones is 4. The molecule has 3 aromatic carbocycles. The number of thioether (sulfide) groups is 1. The third-order valence-electron chi connectivity index (χ3n) is 23.1. The molecule has 3 aromatic rings. The SMILES string of the molecule is CC[C@H](C)[C@@H]([C@@H](CC(=O)N1C[C@@H](OC(=O)NCCCC(=O)OCc2ccc(CC(=O)[C@H](CCCCC(N)=O)NC(=O)[C@@H](CC(=O)CCCCCN3C(=O)CC(SCC4(CC(=O)O)CC4)C3=O)C(C)C)cc2)C[C@H]1[C@H](OC)[C@@H](C)C(=O)NCC(=O)c1ccc2cc(OC)ccc2c1)OC)N(C)C(=O)[C@@H](CC(=O)[C@H](C(C)C)N(C)C)C(C)C. The van der Waals surface area contributed by atoms with Crippen LogP contribution in [0.25, 0.3) is 10.8 Å². The fourth-order valence-electron chi connectivity index (χ4n) is 15.9. The van der Waals surface area contributed by atoms with Crippen LogP contribution in [0.2, 0.25) is 0 Å². The fourth-order valence-corrected chi connectivity index (χ4v) is 17.3. The Hall–Kier alpha value is -8.67. The number of nitrogens with zero attached hydrogens (tertiary/aromatic N) is 4. The molecule has 3 fully saturated rings. The quantitative estimate of drug-likeness (QED) is 0.0152. The molecular formula is C87H128N8O20S. The molecule has 29 heteroatoms. The van der Waals surface area contributed by atoms with Gasteiger partial charge in [-0.05, 0) is 128 Å². The number of aliphatic carboxylic acids is 1. The van der Waals surface area contributed by atoms with Gasteiger partial charge in [-0.2, -0.15) is 0 Å². The van der Waals surface area contributed by atoms with Crippen LogP contribution in [0.4, 0.5) is 4.79 Å². The number of esters is 1. The van der Waals surface area contributed by atoms with Crippen molar-refractivity contribution in [2.75, 3.05) is 74.4 Å². The predicted octanol–water partition coefficient (Wildman–Crippen LogP) is 9.66. The summed E-state index contributed by atoms with van der Waals surface area (Å²) in [6.07, 6.45) is 1.32. The zero-order valence-electron chi connectivity index (χ0n) is 70.8. The van der Waals surface area contributed by atoms with Crippen molar-refractivity contribution in [1.82, 2.24) is 35.6 Å². The van der Waals surface area contributed by atoms with Crippen LogP contribution in [0.5, 0.6) is 5.75 Å². The topological polar surface area (TPSA) is 380 Å². The Balaban J connectivity index is 1.02. The van der Waals surface area contributed by atoms with E-state index >= 15 is 4.79 Å². The number of amides is 8. The number of carbonyl (C=O) groups is 14. The van der Waals surface area contributed by atoms with Gasteiger partial charge in [0.1, 0.15) is 24.2 Å². The summed E-state index contributed by atoms with van der Waals surface area (Å²) in [5, 5.41) is 18.8. The van der Waals surface area contributed by atoms with E-state index in [2.05, 4.69) is 16.0 Å². The van der Waals surface area contributed by atoms with Gasteiger partial charge in [-0.3, -0.25) is 72.1 Å². The number of likely N-dealkylation sites (N-methyl/N-ethyl adjacent to an activating group) is 2. The van der Waals surface area contributed by atoms with Crippen LogP contribution in [-0.2, 0) is 89.5 Å². The van der Waals surface area contributed by atoms with Crippen molar-refractivity contribution in [3.63, 3.8) is 0 Å². The number of Topliss-reactive ketones (excluding diaryl/α,β-unsaturated/α-hetero) is 4. The molecule has 116 heavy (non-hydrogen) atoms. The smallest absolute Gasteiger partial charge is 0.407 e. The van der Waals surface area contributed by atoms with Crippen molar-refractivity contribution in [3.8, 4) is 5.75 Å². The lowest BCUT2D eigenvalue weighted by Crippen LogP contribution is -2.54. The number of carboxylic acids is 1. The van der Waals surface area contributed by atoms with Gasteiger partial charge in [0.05, 0.1) is 80.6 Å². The number of unbranched alkanes of at least 4 members (excludes halogenated alkanes) is 3. The van der Waals surface area contributed by atoms with Gasteiger partial charge >= 0.3 is 18.0 Å². The highest BCUT2D eigenvalue weighted by molar-refractivity contribution is 8.00. The van der Waals surface area contributed by atoms with E-state index in [0.717, 1.165) is 23.6 Å². The number of primary amides is 1. The molecule has 0 radical (unpaired) electrons. The largest absolute Gasteiger partial charge is 0.497 e. The first-order valence-electron chi connectivity index (χ1n) is 41.1. The number of hydrogen-bond donors (Lipinski definition) is 5. The average molecular weight is 1640 g/mol. The molecule has 1 unspecified atom stereocenters. The van der Waals surface area contributed by atoms with Crippen LogP contribution < -0.4 is 26.4 Å². The van der Waals surface area contributed by atoms with Gasteiger partial charge in [0.15, 0.2) is 17.3 Å². The third kappa shape index (κ3) is 28.9. The van der Waals surface area contributed by atoms with Crippen LogP contribution in [0.1, 0.15) is 206 Å². The van der Waals surface area contributed by atoms with Gasteiger partial charge in [0.2, 0.25) is 41.4 Å². The van der Waals surface area contributed by atoms with Crippen LogP contribution >= 0.6 is 11.8 Å². The van der Waals surface area contributed by atoms with E-state index in [-0.39, 0.29) is 180 Å². The molecule has 6 N–H and O–H groups in total. The lowest BCUT2D eigenvalue weighted by Gasteiger charge is -2.41. The minimum atomic E-state index is -0.992. The Labute approximate surface area is 688 Å². The van der Waals surface area contributed by atoms with Crippen molar-refractivity contribution in [1.29, 1.82) is 0 Å². The van der Waals surface area contributed by atoms with E-state index in [4.69, 9.17) is 29.4 Å². The minimum absolute atomic E-state index is 0.00165. The number of nitrogens with two attached hydrogens (primary N) is 1. The maximum atomic E-state index is 15.1. The molecule has 0 aromatic heterocycles. The highest BCUT2D eigenvalue weighted by Crippen LogP contribution is 2.52. The molecular weight excluding hydrogens is 1510 g/mol. The summed E-state index contributed by atoms with van der Waals surface area (Å²) in [6, 6.07) is 14.7. The van der Waals surface area contributed by atoms with Crippen LogP contribution in [0.3, 0.4) is 0 Å². The Morgan fingerprint density at radius 1 is 0.716 bits per heavy atom. The maximum Gasteiger partial charge on any atom is 0.407 e. The molecule has 2 aliphatic heterocycles. The normalized spacial score (nSPS) is 18.2. The number of alkyl carbamates (subject to hydrolysis) is 1. The Bertz CT molecular complexity index is 3870. The zero-order valence-corrected chi connectivity index (χ0v) is 71.6. The number of carbonyl (C=O) groups excluding carboxylic acids is 13. The minimum Gasteiger partial charge on any atom is -0.497 e. The van der Waals surface area contributed by atoms with Crippen molar-refractivity contribution in [2.24, 2.45) is 52.6 Å². The molecule has 2 heterocycles. The van der Waals surface area contributed by atoms with E-state index in [1.165, 1.54) is 35.8 Å². The highest BCUT2D eigenvalue weighted by atomic mass is 32.2. The van der Waals surface area contributed by atoms with E-state index in [1.807, 2.05) is 86.5 Å². The second-order valence-electron chi connectivity index (χ2n) is 33.2. The summed E-state index contributed by atoms with van der Waals surface area (Å²) in [6.45, 7) is 16.7. The summed E-state index contributed by atoms with van der Waals surface area (Å²) in [5.74, 6) is -6.77. The first-order valence-corrected chi connectivity index (χ1v) is 42.2. The zero-order chi connectivity index (χ0) is 85.8. The molecule has 642 valence electrons. The average Bonchev–Trinajstić information content (AvgIpc) is 1.63. The van der Waals surface area contributed by atoms with Crippen molar-refractivity contribution in [3.05, 3.63) is 77.4 Å². The Morgan fingerprint density at radius 3 is 1.99 bits per heavy atom. The first kappa shape index (κ1) is 96.2. The molecule has 0 bridgehead atoms. The number of likely N-dealkylation sites (tertiary alicyclic amines) is 2. The number of methoxy groups -OCH3 is 3. The lowest BCUT2D eigenvalue weighted by molar-refractivity contribution is -0.149. The van der Waals surface area contributed by atoms with Crippen molar-refractivity contribution in [2.45, 2.75) is 245 Å². The van der Waals surface area contributed by atoms with Gasteiger partial charge in [-0.15, -0.1) is 11.8 Å². The second-order valence-corrected chi connectivity index (χ2v) is 34.4. The number of benzene rings is 3. The molecule has 12 atom stereocenters. The number of hydrogen-bond acceptors (Lipinski definition) is 21. The van der Waals surface area contributed by atoms with Crippen LogP contribution in [-0.4, -0.2) is 229 Å². The van der Waals surface area contributed by atoms with Gasteiger partial charge in [0.25, 0.3) is 0 Å². The van der Waals surface area contributed by atoms with E-state index in [9.17, 15) is 67.4 Å². The molecule has 8 amide bonds. The highest BCUT2D eigenvalue weighted by Gasteiger charge is 2.49. The van der Waals surface area contributed by atoms with E-state index in [0.29, 0.717) is 66.7 Å². The Kier molecular flexibility index (Phi) is 38.5. The van der Waals surface area contributed by atoms with Crippen LogP contribution in [0, 0.1) is 46.8 Å². The number of ether oxygens (including phenoxy) is 5. The summed E-state index contributed by atoms with van der Waals surface area (Å²) >= 11 is 1.36. The number of carboxylic acid groups (broad SMARTS) is 1. The van der Waals surface area contributed by atoms with Gasteiger partial charge in [-0.1, -0.05) is 124 Å². The predicted molar refractivity (Wildman–Crippen MR) is 440 cm³/mol. The standard InChI is InChI=1S/C87H128N8O20S/c1-16-55(8)80(93(12)84(108)66(53(4)5)44-70(98)79(54(6)7)92(10)11)72(112-14)45-75(101)95-49-64(43-68(95)81(113-15)56(9)82(106)90-48-71(99)61-32-31-60-41-63(111-13)34-33-59(60)40-61)115-86(110)89-37-22-26-78(105)114-50-58-29-27-57(28-30-58)39-69(97)67(24-19-20-25-74(88)100)91-83(107)65(52(2)3)42-62(96)23-18-17-21-38-94-76(102)46-73(85(94)109)116-51-87(35-36-87)47-77(103)104/h27-34,40-41,52-56,64-68,72-73,79-81H,16-26,35-39,42-51H2,1-15H3,(H2,88,100)(H,89,110)(H,90,106)(H,91,107)(H,103,104)/t55-,56+,64-,65-,66-,67-,68-,72+,73?,79-,80-,81+/m0/s1. The van der Waals surface area contributed by atoms with E-state index in [1.54, 1.807) is 74.5 Å². The summed E-state index contributed by atoms with van der Waals surface area (Å²) < 4.78 is 29.1. The molecule has 0 spiro atoms. The number of nitrogens with one attached hydrogen (secondary N) is 3. The summed E-state index contributed by atoms with van der Waals surface area (Å²) in [4.78, 5) is 195. The molecule has 1 aliphatic carbocycles.